The zero-order chi connectivity index (χ0) is 10.4. The third-order valence-corrected chi connectivity index (χ3v) is 2.63. The predicted octanol–water partition coefficient (Wildman–Crippen LogP) is 0.610. The van der Waals surface area contributed by atoms with Crippen LogP contribution in [0.15, 0.2) is 0 Å². The normalized spacial score (nSPS) is 22.1. The molecule has 0 bridgehead atoms. The van der Waals surface area contributed by atoms with Gasteiger partial charge in [0.05, 0.1) is 6.04 Å². The van der Waals surface area contributed by atoms with E-state index in [1.54, 1.807) is 0 Å². The molecule has 0 radical (unpaired) electrons. The largest absolute Gasteiger partial charge is 0.341 e. The highest BCUT2D eigenvalue weighted by Gasteiger charge is 2.26. The molecule has 0 saturated carbocycles. The Morgan fingerprint density at radius 2 is 2.50 bits per heavy atom. The summed E-state index contributed by atoms with van der Waals surface area (Å²) in [6.07, 6.45) is 8.89. The monoisotopic (exact) mass is 194 g/mol. The van der Waals surface area contributed by atoms with Crippen LogP contribution in [-0.4, -0.2) is 37.0 Å². The highest BCUT2D eigenvalue weighted by Crippen LogP contribution is 2.11. The van der Waals surface area contributed by atoms with Crippen molar-refractivity contribution < 1.29 is 4.79 Å². The maximum absolute atomic E-state index is 11.8. The van der Waals surface area contributed by atoms with Crippen LogP contribution >= 0.6 is 0 Å². The molecule has 78 valence electrons. The standard InChI is InChI=1S/C11H18N2O/c1-3-4-5-8-13-9-6-7-10(12-2)11(13)14/h1,10,12H,4-9H2,2H3. The second-order valence-electron chi connectivity index (χ2n) is 3.62. The Morgan fingerprint density at radius 3 is 3.14 bits per heavy atom. The number of carbonyl (C=O) groups excluding carboxylic acids is 1. The van der Waals surface area contributed by atoms with E-state index in [1.165, 1.54) is 0 Å². The van der Waals surface area contributed by atoms with Gasteiger partial charge in [-0.3, -0.25) is 4.79 Å². The van der Waals surface area contributed by atoms with Crippen molar-refractivity contribution >= 4 is 5.91 Å². The highest BCUT2D eigenvalue weighted by atomic mass is 16.2. The molecule has 0 spiro atoms. The molecular formula is C11H18N2O. The molecule has 1 heterocycles. The van der Waals surface area contributed by atoms with Gasteiger partial charge >= 0.3 is 0 Å². The van der Waals surface area contributed by atoms with E-state index in [0.29, 0.717) is 0 Å². The number of hydrogen-bond acceptors (Lipinski definition) is 2. The number of likely N-dealkylation sites (N-methyl/N-ethyl adjacent to an activating group) is 1. The number of unbranched alkanes of at least 4 members (excludes halogenated alkanes) is 1. The summed E-state index contributed by atoms with van der Waals surface area (Å²) in [4.78, 5) is 13.7. The minimum atomic E-state index is 0.0228. The molecule has 1 unspecified atom stereocenters. The lowest BCUT2D eigenvalue weighted by Crippen LogP contribution is -2.49. The Labute approximate surface area is 85.9 Å². The van der Waals surface area contributed by atoms with Crippen molar-refractivity contribution in [1.29, 1.82) is 0 Å². The lowest BCUT2D eigenvalue weighted by molar-refractivity contribution is -0.135. The van der Waals surface area contributed by atoms with E-state index in [1.807, 2.05) is 11.9 Å². The molecule has 1 aliphatic rings. The third kappa shape index (κ3) is 2.74. The molecule has 1 fully saturated rings. The van der Waals surface area contributed by atoms with Crippen molar-refractivity contribution in [3.05, 3.63) is 0 Å². The Balaban J connectivity index is 2.37. The van der Waals surface area contributed by atoms with Gasteiger partial charge in [-0.15, -0.1) is 12.3 Å². The van der Waals surface area contributed by atoms with Gasteiger partial charge in [-0.2, -0.15) is 0 Å². The van der Waals surface area contributed by atoms with Crippen molar-refractivity contribution in [2.24, 2.45) is 0 Å². The van der Waals surface area contributed by atoms with Crippen LogP contribution in [0.25, 0.3) is 0 Å². The van der Waals surface area contributed by atoms with Crippen LogP contribution in [0.5, 0.6) is 0 Å². The summed E-state index contributed by atoms with van der Waals surface area (Å²) < 4.78 is 0. The molecule has 1 amide bonds. The Bertz CT molecular complexity index is 232. The van der Waals surface area contributed by atoms with Gasteiger partial charge < -0.3 is 10.2 Å². The summed E-state index contributed by atoms with van der Waals surface area (Å²) in [5.41, 5.74) is 0. The second kappa shape index (κ2) is 5.66. The Morgan fingerprint density at radius 1 is 1.71 bits per heavy atom. The summed E-state index contributed by atoms with van der Waals surface area (Å²) in [7, 11) is 1.84. The maximum atomic E-state index is 11.8. The van der Waals surface area contributed by atoms with Gasteiger partial charge in [0.25, 0.3) is 0 Å². The van der Waals surface area contributed by atoms with Crippen LogP contribution in [0, 0.1) is 12.3 Å². The summed E-state index contributed by atoms with van der Waals surface area (Å²) in [5, 5.41) is 3.04. The maximum Gasteiger partial charge on any atom is 0.239 e. The molecule has 3 heteroatoms. The number of nitrogens with one attached hydrogen (secondary N) is 1. The smallest absolute Gasteiger partial charge is 0.239 e. The fourth-order valence-electron chi connectivity index (χ4n) is 1.80. The van der Waals surface area contributed by atoms with Crippen LogP contribution in [0.2, 0.25) is 0 Å². The first-order chi connectivity index (χ1) is 6.79. The molecule has 1 atom stereocenters. The summed E-state index contributed by atoms with van der Waals surface area (Å²) in [5.74, 6) is 2.83. The van der Waals surface area contributed by atoms with Gasteiger partial charge in [-0.1, -0.05) is 0 Å². The van der Waals surface area contributed by atoms with Crippen molar-refractivity contribution in [2.75, 3.05) is 20.1 Å². The number of nitrogens with zero attached hydrogens (tertiary/aromatic N) is 1. The van der Waals surface area contributed by atoms with Gasteiger partial charge in [0.1, 0.15) is 0 Å². The van der Waals surface area contributed by atoms with E-state index in [-0.39, 0.29) is 11.9 Å². The molecule has 1 N–H and O–H groups in total. The van der Waals surface area contributed by atoms with E-state index in [0.717, 1.165) is 38.8 Å². The number of rotatable bonds is 4. The van der Waals surface area contributed by atoms with Gasteiger partial charge in [0.2, 0.25) is 5.91 Å². The summed E-state index contributed by atoms with van der Waals surface area (Å²) in [6, 6.07) is 0.0228. The molecule has 0 aromatic carbocycles. The molecule has 14 heavy (non-hydrogen) atoms. The SMILES string of the molecule is C#CCCCN1CCCC(NC)C1=O. The average Bonchev–Trinajstić information content (AvgIpc) is 2.21. The second-order valence-corrected chi connectivity index (χ2v) is 3.62. The highest BCUT2D eigenvalue weighted by molar-refractivity contribution is 5.82. The van der Waals surface area contributed by atoms with Crippen LogP contribution < -0.4 is 5.32 Å². The molecule has 1 saturated heterocycles. The van der Waals surface area contributed by atoms with Crippen LogP contribution in [-0.2, 0) is 4.79 Å². The number of amides is 1. The van der Waals surface area contributed by atoms with Crippen molar-refractivity contribution in [1.82, 2.24) is 10.2 Å². The van der Waals surface area contributed by atoms with Crippen LogP contribution in [0.4, 0.5) is 0 Å². The molecule has 1 rings (SSSR count). The molecule has 0 aliphatic carbocycles. The zero-order valence-corrected chi connectivity index (χ0v) is 8.75. The Kier molecular flexibility index (Phi) is 4.48. The van der Waals surface area contributed by atoms with E-state index in [4.69, 9.17) is 6.42 Å². The lowest BCUT2D eigenvalue weighted by Gasteiger charge is -2.31. The van der Waals surface area contributed by atoms with Crippen LogP contribution in [0.1, 0.15) is 25.7 Å². The van der Waals surface area contributed by atoms with E-state index >= 15 is 0 Å². The topological polar surface area (TPSA) is 32.3 Å². The molecule has 0 aromatic rings. The molecular weight excluding hydrogens is 176 g/mol. The fourth-order valence-corrected chi connectivity index (χ4v) is 1.80. The predicted molar refractivity (Wildman–Crippen MR) is 56.7 cm³/mol. The lowest BCUT2D eigenvalue weighted by atomic mass is 10.0. The fraction of sp³-hybridized carbons (Fsp3) is 0.727. The number of carbonyl (C=O) groups is 1. The van der Waals surface area contributed by atoms with Crippen molar-refractivity contribution in [3.63, 3.8) is 0 Å². The average molecular weight is 194 g/mol. The summed E-state index contributed by atoms with van der Waals surface area (Å²) >= 11 is 0. The van der Waals surface area contributed by atoms with Crippen LogP contribution in [0.3, 0.4) is 0 Å². The van der Waals surface area contributed by atoms with E-state index in [9.17, 15) is 4.79 Å². The van der Waals surface area contributed by atoms with Gasteiger partial charge in [-0.25, -0.2) is 0 Å². The number of hydrogen-bond donors (Lipinski definition) is 1. The first-order valence-electron chi connectivity index (χ1n) is 5.19. The number of terminal acetylenes is 1. The first-order valence-corrected chi connectivity index (χ1v) is 5.19. The summed E-state index contributed by atoms with van der Waals surface area (Å²) in [6.45, 7) is 1.70. The molecule has 1 aliphatic heterocycles. The molecule has 0 aromatic heterocycles. The first kappa shape index (κ1) is 11.1. The number of likely N-dealkylation sites (tertiary alicyclic amines) is 1. The zero-order valence-electron chi connectivity index (χ0n) is 8.75. The third-order valence-electron chi connectivity index (χ3n) is 2.63. The minimum absolute atomic E-state index is 0.0228. The van der Waals surface area contributed by atoms with Gasteiger partial charge in [0, 0.05) is 19.5 Å². The van der Waals surface area contributed by atoms with Crippen molar-refractivity contribution in [3.8, 4) is 12.3 Å². The van der Waals surface area contributed by atoms with Gasteiger partial charge in [-0.05, 0) is 26.3 Å². The Hall–Kier alpha value is -1.01. The minimum Gasteiger partial charge on any atom is -0.341 e. The van der Waals surface area contributed by atoms with Gasteiger partial charge in [0.15, 0.2) is 0 Å². The van der Waals surface area contributed by atoms with E-state index < -0.39 is 0 Å². The number of piperidine rings is 1. The van der Waals surface area contributed by atoms with Crippen molar-refractivity contribution in [2.45, 2.75) is 31.7 Å². The van der Waals surface area contributed by atoms with E-state index in [2.05, 4.69) is 11.2 Å². The quantitative estimate of drug-likeness (QED) is 0.525. The molecule has 3 nitrogen and oxygen atoms in total.